The third-order valence-corrected chi connectivity index (χ3v) is 2.68. The predicted molar refractivity (Wildman–Crippen MR) is 69.6 cm³/mol. The van der Waals surface area contributed by atoms with Crippen molar-refractivity contribution in [3.63, 3.8) is 0 Å². The van der Waals surface area contributed by atoms with Crippen LogP contribution in [0.5, 0.6) is 0 Å². The second kappa shape index (κ2) is 7.85. The maximum Gasteiger partial charge on any atom is 0.466 e. The van der Waals surface area contributed by atoms with Crippen molar-refractivity contribution in [3.05, 3.63) is 25.4 Å². The molecule has 0 aliphatic rings. The van der Waals surface area contributed by atoms with Crippen LogP contribution in [0.4, 0.5) is 30.7 Å². The van der Waals surface area contributed by atoms with E-state index in [2.05, 4.69) is 22.6 Å². The Kier molecular flexibility index (Phi) is 7.18. The van der Waals surface area contributed by atoms with Gasteiger partial charge < -0.3 is 14.8 Å². The normalized spacial score (nSPS) is 15.0. The number of hydrogen-bond donors (Lipinski definition) is 1. The quantitative estimate of drug-likeness (QED) is 0.289. The first-order valence-electron chi connectivity index (χ1n) is 6.38. The first-order valence-corrected chi connectivity index (χ1v) is 6.38. The van der Waals surface area contributed by atoms with Crippen LogP contribution >= 0.6 is 0 Å². The van der Waals surface area contributed by atoms with Crippen molar-refractivity contribution >= 4 is 11.9 Å². The topological polar surface area (TPSA) is 64.6 Å². The monoisotopic (exact) mass is 381 g/mol. The minimum Gasteiger partial charge on any atom is -0.412 e. The second-order valence-electron chi connectivity index (χ2n) is 4.61. The number of ether oxygens (including phenoxy) is 2. The first kappa shape index (κ1) is 22.9. The van der Waals surface area contributed by atoms with Crippen LogP contribution in [0, 0.1) is 0 Å². The Morgan fingerprint density at radius 2 is 1.60 bits per heavy atom. The number of esters is 1. The summed E-state index contributed by atoms with van der Waals surface area (Å²) in [5, 5.41) is 1.43. The number of carbonyl (C=O) groups is 2. The van der Waals surface area contributed by atoms with Crippen LogP contribution in [0.1, 0.15) is 13.3 Å². The Bertz CT molecular complexity index is 527. The smallest absolute Gasteiger partial charge is 0.412 e. The molecule has 0 heterocycles. The lowest BCUT2D eigenvalue weighted by Crippen LogP contribution is -2.61. The van der Waals surface area contributed by atoms with Crippen molar-refractivity contribution in [3.8, 4) is 0 Å². The van der Waals surface area contributed by atoms with E-state index in [1.165, 1.54) is 5.32 Å². The van der Waals surface area contributed by atoms with Gasteiger partial charge in [0.2, 0.25) is 0 Å². The zero-order valence-electron chi connectivity index (χ0n) is 12.8. The molecule has 0 aromatic rings. The number of halogens is 7. The molecule has 1 N–H and O–H groups in total. The highest BCUT2D eigenvalue weighted by atomic mass is 19.4. The summed E-state index contributed by atoms with van der Waals surface area (Å²) in [4.78, 5) is 22.7. The average molecular weight is 381 g/mol. The molecule has 0 aromatic heterocycles. The van der Waals surface area contributed by atoms with Gasteiger partial charge >= 0.3 is 35.7 Å². The van der Waals surface area contributed by atoms with Gasteiger partial charge in [0.25, 0.3) is 0 Å². The minimum atomic E-state index is -5.73. The number of hydrogen-bond acceptors (Lipinski definition) is 4. The van der Waals surface area contributed by atoms with Gasteiger partial charge in [-0.25, -0.2) is 13.6 Å². The molecule has 1 amide bonds. The summed E-state index contributed by atoms with van der Waals surface area (Å²) in [6.07, 6.45) is -6.90. The van der Waals surface area contributed by atoms with E-state index in [-0.39, 0.29) is 13.0 Å². The van der Waals surface area contributed by atoms with Crippen molar-refractivity contribution in [2.75, 3.05) is 6.61 Å². The summed E-state index contributed by atoms with van der Waals surface area (Å²) >= 11 is 0. The van der Waals surface area contributed by atoms with E-state index >= 15 is 0 Å². The van der Waals surface area contributed by atoms with Crippen LogP contribution in [0.25, 0.3) is 0 Å². The highest BCUT2D eigenvalue weighted by molar-refractivity contribution is 5.90. The summed E-state index contributed by atoms with van der Waals surface area (Å²) in [7, 11) is 0. The Morgan fingerprint density at radius 3 is 1.96 bits per heavy atom. The molecule has 0 fully saturated rings. The van der Waals surface area contributed by atoms with E-state index in [4.69, 9.17) is 0 Å². The molecule has 0 aliphatic carbocycles. The van der Waals surface area contributed by atoms with Crippen LogP contribution in [0.3, 0.4) is 0 Å². The summed E-state index contributed by atoms with van der Waals surface area (Å²) in [5.41, 5.74) is 0. The molecule has 1 atom stereocenters. The maximum absolute atomic E-state index is 13.2. The van der Waals surface area contributed by atoms with Crippen molar-refractivity contribution < 1.29 is 49.8 Å². The van der Waals surface area contributed by atoms with Gasteiger partial charge in [-0.05, 0) is 6.20 Å². The minimum absolute atomic E-state index is 0.147. The molecule has 1 unspecified atom stereocenters. The number of amides is 1. The van der Waals surface area contributed by atoms with E-state index in [1.807, 2.05) is 0 Å². The first-order chi connectivity index (χ1) is 11.1. The van der Waals surface area contributed by atoms with Gasteiger partial charge in [-0.1, -0.05) is 13.2 Å². The van der Waals surface area contributed by atoms with Gasteiger partial charge in [-0.2, -0.15) is 22.0 Å². The Morgan fingerprint density at radius 1 is 1.08 bits per heavy atom. The molecule has 0 radical (unpaired) electrons. The Hall–Kier alpha value is -2.11. The number of nitrogens with one attached hydrogen (secondary N) is 1. The molecule has 0 aliphatic heterocycles. The lowest BCUT2D eigenvalue weighted by molar-refractivity contribution is -0.349. The second-order valence-corrected chi connectivity index (χ2v) is 4.61. The molecule has 0 saturated carbocycles. The van der Waals surface area contributed by atoms with Crippen molar-refractivity contribution in [2.45, 2.75) is 37.2 Å². The predicted octanol–water partition coefficient (Wildman–Crippen LogP) is 2.93. The van der Waals surface area contributed by atoms with Gasteiger partial charge in [0.05, 0.1) is 6.61 Å². The fourth-order valence-corrected chi connectivity index (χ4v) is 1.32. The van der Waals surface area contributed by atoms with Crippen LogP contribution in [0.2, 0.25) is 0 Å². The van der Waals surface area contributed by atoms with Crippen LogP contribution < -0.4 is 5.32 Å². The van der Waals surface area contributed by atoms with E-state index in [9.17, 15) is 40.3 Å². The molecule has 0 spiro atoms. The molecular weight excluding hydrogens is 367 g/mol. The number of alkyl halides is 7. The van der Waals surface area contributed by atoms with Gasteiger partial charge in [-0.15, -0.1) is 0 Å². The molecule has 0 aromatic carbocycles. The largest absolute Gasteiger partial charge is 0.466 e. The van der Waals surface area contributed by atoms with Crippen molar-refractivity contribution in [1.29, 1.82) is 0 Å². The third-order valence-electron chi connectivity index (χ3n) is 2.68. The average Bonchev–Trinajstić information content (AvgIpc) is 2.43. The fourth-order valence-electron chi connectivity index (χ4n) is 1.32. The number of rotatable bonds is 9. The van der Waals surface area contributed by atoms with Gasteiger partial charge in [-0.3, -0.25) is 4.79 Å². The Labute approximate surface area is 137 Å². The lowest BCUT2D eigenvalue weighted by atomic mass is 10.1. The van der Waals surface area contributed by atoms with Crippen LogP contribution in [-0.4, -0.2) is 42.3 Å². The van der Waals surface area contributed by atoms with E-state index in [0.717, 1.165) is 0 Å². The molecule has 0 rings (SSSR count). The summed E-state index contributed by atoms with van der Waals surface area (Å²) in [6.45, 7) is 3.89. The molecule has 5 nitrogen and oxygen atoms in total. The van der Waals surface area contributed by atoms with Gasteiger partial charge in [0.15, 0.2) is 0 Å². The SMILES string of the molecule is C=CNC(=O)C(OCCC(F)(F)C(C)(F)F)(OC(=O)C=C)C(F)(F)F. The van der Waals surface area contributed by atoms with Crippen LogP contribution in [-0.2, 0) is 19.1 Å². The Balaban J connectivity index is 5.65. The molecule has 12 heteroatoms. The molecule has 0 saturated heterocycles. The zero-order chi connectivity index (χ0) is 20.1. The van der Waals surface area contributed by atoms with E-state index in [1.54, 1.807) is 0 Å². The number of carbonyl (C=O) groups excluding carboxylic acids is 2. The highest BCUT2D eigenvalue weighted by Gasteiger charge is 2.66. The van der Waals surface area contributed by atoms with Crippen LogP contribution in [0.15, 0.2) is 25.4 Å². The fraction of sp³-hybridized carbons (Fsp3) is 0.538. The third kappa shape index (κ3) is 5.44. The molecular formula is C13H14F7NO4. The molecule has 144 valence electrons. The zero-order valence-corrected chi connectivity index (χ0v) is 12.8. The standard InChI is InChI=1S/C13H14F7NO4/c1-4-8(22)25-12(13(18,19)20,9(23)21-5-2)24-7-6-11(16,17)10(3,14)15/h4-5H,1-2,6-7H2,3H3,(H,21,23). The molecule has 25 heavy (non-hydrogen) atoms. The van der Waals surface area contributed by atoms with Gasteiger partial charge in [0, 0.05) is 19.4 Å². The molecule has 0 bridgehead atoms. The summed E-state index contributed by atoms with van der Waals surface area (Å²) in [5.74, 6) is -17.5. The van der Waals surface area contributed by atoms with E-state index < -0.39 is 48.7 Å². The van der Waals surface area contributed by atoms with Gasteiger partial charge in [0.1, 0.15) is 0 Å². The maximum atomic E-state index is 13.2. The van der Waals surface area contributed by atoms with Crippen molar-refractivity contribution in [1.82, 2.24) is 5.32 Å². The lowest BCUT2D eigenvalue weighted by Gasteiger charge is -2.33. The highest BCUT2D eigenvalue weighted by Crippen LogP contribution is 2.39. The summed E-state index contributed by atoms with van der Waals surface area (Å²) < 4.78 is 99.2. The van der Waals surface area contributed by atoms with E-state index in [0.29, 0.717) is 6.20 Å². The summed E-state index contributed by atoms with van der Waals surface area (Å²) in [6, 6.07) is 0. The van der Waals surface area contributed by atoms with Crippen molar-refractivity contribution in [2.24, 2.45) is 0 Å².